The summed E-state index contributed by atoms with van der Waals surface area (Å²) < 4.78 is 0. The van der Waals surface area contributed by atoms with Gasteiger partial charge in [0.15, 0.2) is 11.4 Å². The molecule has 1 atom stereocenters. The Kier molecular flexibility index (Phi) is 4.51. The van der Waals surface area contributed by atoms with Crippen LogP contribution in [0.1, 0.15) is 23.2 Å². The molecule has 0 bridgehead atoms. The number of nitrogens with zero attached hydrogens (tertiary/aromatic N) is 4. The van der Waals surface area contributed by atoms with Crippen LogP contribution in [0.4, 0.5) is 5.82 Å². The summed E-state index contributed by atoms with van der Waals surface area (Å²) in [5.41, 5.74) is 7.72. The van der Waals surface area contributed by atoms with E-state index < -0.39 is 5.60 Å². The second-order valence-electron chi connectivity index (χ2n) is 6.52. The lowest BCUT2D eigenvalue weighted by atomic mass is 10.1. The van der Waals surface area contributed by atoms with Gasteiger partial charge in [0.05, 0.1) is 0 Å². The third kappa shape index (κ3) is 3.56. The molecular weight excluding hydrogens is 370 g/mol. The number of thiazole rings is 1. The maximum atomic E-state index is 10.5. The van der Waals surface area contributed by atoms with E-state index in [1.165, 1.54) is 11.3 Å². The summed E-state index contributed by atoms with van der Waals surface area (Å²) in [6.07, 6.45) is 3.39. The Bertz CT molecular complexity index is 1220. The van der Waals surface area contributed by atoms with Crippen molar-refractivity contribution in [2.24, 2.45) is 0 Å². The quantitative estimate of drug-likeness (QED) is 0.512. The van der Waals surface area contributed by atoms with Crippen molar-refractivity contribution in [2.45, 2.75) is 19.4 Å². The fraction of sp³-hybridized carbons (Fsp3) is 0.143. The molecule has 3 N–H and O–H groups in total. The highest BCUT2D eigenvalue weighted by Gasteiger charge is 2.22. The van der Waals surface area contributed by atoms with E-state index in [9.17, 15) is 5.11 Å². The molecule has 4 aromatic rings. The fourth-order valence-electron chi connectivity index (χ4n) is 2.79. The molecule has 0 fully saturated rings. The molecule has 0 saturated carbocycles. The van der Waals surface area contributed by atoms with E-state index in [1.54, 1.807) is 19.3 Å². The largest absolute Gasteiger partial charge is 0.382 e. The maximum absolute atomic E-state index is 10.5. The Labute approximate surface area is 166 Å². The number of hydrogen-bond donors (Lipinski definition) is 2. The van der Waals surface area contributed by atoms with Crippen molar-refractivity contribution in [1.82, 2.24) is 19.9 Å². The van der Waals surface area contributed by atoms with Gasteiger partial charge in [-0.25, -0.2) is 19.9 Å². The van der Waals surface area contributed by atoms with Gasteiger partial charge in [0, 0.05) is 40.0 Å². The molecule has 0 aliphatic heterocycles. The fourth-order valence-corrected chi connectivity index (χ4v) is 3.44. The predicted octanol–water partition coefficient (Wildman–Crippen LogP) is 3.30. The molecule has 0 aliphatic rings. The van der Waals surface area contributed by atoms with E-state index in [2.05, 4.69) is 31.8 Å². The lowest BCUT2D eigenvalue weighted by Crippen LogP contribution is -2.17. The normalized spacial score (nSPS) is 13.0. The minimum absolute atomic E-state index is 0.383. The molecule has 0 radical (unpaired) electrons. The Balaban J connectivity index is 1.70. The van der Waals surface area contributed by atoms with Gasteiger partial charge in [-0.2, -0.15) is 0 Å². The average molecular weight is 387 g/mol. The zero-order valence-electron chi connectivity index (χ0n) is 15.3. The summed E-state index contributed by atoms with van der Waals surface area (Å²) in [5, 5.41) is 13.7. The van der Waals surface area contributed by atoms with Gasteiger partial charge in [-0.15, -0.1) is 11.3 Å². The van der Waals surface area contributed by atoms with Crippen LogP contribution < -0.4 is 5.73 Å². The molecule has 7 heteroatoms. The number of nitrogen functional groups attached to an aromatic ring is 1. The molecule has 138 valence electrons. The van der Waals surface area contributed by atoms with Gasteiger partial charge in [0.1, 0.15) is 16.3 Å². The first kappa shape index (κ1) is 18.0. The van der Waals surface area contributed by atoms with E-state index in [0.29, 0.717) is 22.2 Å². The van der Waals surface area contributed by atoms with Crippen molar-refractivity contribution in [1.29, 1.82) is 0 Å². The number of aromatic nitrogens is 4. The van der Waals surface area contributed by atoms with Crippen molar-refractivity contribution in [2.75, 3.05) is 5.73 Å². The topological polar surface area (TPSA) is 97.8 Å². The summed E-state index contributed by atoms with van der Waals surface area (Å²) in [6.45, 7) is 3.51. The third-order valence-electron chi connectivity index (χ3n) is 4.14. The monoisotopic (exact) mass is 387 g/mol. The number of nitrogens with two attached hydrogens (primary N) is 1. The molecule has 0 aliphatic carbocycles. The van der Waals surface area contributed by atoms with Gasteiger partial charge >= 0.3 is 0 Å². The van der Waals surface area contributed by atoms with Crippen LogP contribution in [0, 0.1) is 18.8 Å². The molecule has 28 heavy (non-hydrogen) atoms. The van der Waals surface area contributed by atoms with Crippen molar-refractivity contribution in [3.05, 3.63) is 64.4 Å². The second-order valence-corrected chi connectivity index (χ2v) is 7.42. The van der Waals surface area contributed by atoms with Crippen LogP contribution in [0.15, 0.2) is 48.1 Å². The highest BCUT2D eigenvalue weighted by Crippen LogP contribution is 2.24. The molecule has 6 nitrogen and oxygen atoms in total. The molecule has 4 rings (SSSR count). The lowest BCUT2D eigenvalue weighted by molar-refractivity contribution is 0.122. The van der Waals surface area contributed by atoms with Crippen LogP contribution in [-0.4, -0.2) is 25.0 Å². The SMILES string of the molecule is Cc1cc2cnc(-c3cccc(C#C[C@@](C)(O)c4nccs4)c3)nc2c(N)n1. The smallest absolute Gasteiger partial charge is 0.174 e. The van der Waals surface area contributed by atoms with Crippen LogP contribution >= 0.6 is 11.3 Å². The van der Waals surface area contributed by atoms with Crippen molar-refractivity contribution in [3.8, 4) is 23.2 Å². The molecular formula is C21H17N5OS. The number of hydrogen-bond acceptors (Lipinski definition) is 7. The molecule has 3 aromatic heterocycles. The summed E-state index contributed by atoms with van der Waals surface area (Å²) in [5.74, 6) is 6.82. The zero-order chi connectivity index (χ0) is 19.7. The third-order valence-corrected chi connectivity index (χ3v) is 5.12. The van der Waals surface area contributed by atoms with Gasteiger partial charge in [-0.1, -0.05) is 24.0 Å². The summed E-state index contributed by atoms with van der Waals surface area (Å²) in [7, 11) is 0. The first-order chi connectivity index (χ1) is 13.4. The standard InChI is InChI=1S/C21H17N5OS/c1-13-10-16-12-24-19(26-17(16)18(22)25-13)15-5-3-4-14(11-15)6-7-21(2,27)20-23-8-9-28-20/h3-5,8-12,27H,1-2H3,(H2,22,25)/t21-/m1/s1. The molecule has 0 unspecified atom stereocenters. The van der Waals surface area contributed by atoms with Gasteiger partial charge in [0.25, 0.3) is 0 Å². The average Bonchev–Trinajstić information content (AvgIpc) is 3.22. The van der Waals surface area contributed by atoms with Crippen LogP contribution in [0.3, 0.4) is 0 Å². The molecule has 0 saturated heterocycles. The highest BCUT2D eigenvalue weighted by molar-refractivity contribution is 7.09. The van der Waals surface area contributed by atoms with Gasteiger partial charge in [-0.3, -0.25) is 0 Å². The van der Waals surface area contributed by atoms with E-state index >= 15 is 0 Å². The van der Waals surface area contributed by atoms with Gasteiger partial charge in [0.2, 0.25) is 0 Å². The zero-order valence-corrected chi connectivity index (χ0v) is 16.2. The van der Waals surface area contributed by atoms with E-state index in [0.717, 1.165) is 22.2 Å². The number of aryl methyl sites for hydroxylation is 1. The number of benzene rings is 1. The van der Waals surface area contributed by atoms with Crippen LogP contribution in [-0.2, 0) is 5.60 Å². The van der Waals surface area contributed by atoms with Gasteiger partial charge < -0.3 is 10.8 Å². The number of rotatable bonds is 2. The summed E-state index contributed by atoms with van der Waals surface area (Å²) in [4.78, 5) is 17.4. The molecule has 0 amide bonds. The lowest BCUT2D eigenvalue weighted by Gasteiger charge is -2.12. The number of pyridine rings is 1. The predicted molar refractivity (Wildman–Crippen MR) is 110 cm³/mol. The van der Waals surface area contributed by atoms with Gasteiger partial charge in [-0.05, 0) is 32.0 Å². The number of anilines is 1. The van der Waals surface area contributed by atoms with Crippen LogP contribution in [0.25, 0.3) is 22.3 Å². The molecule has 3 heterocycles. The second kappa shape index (κ2) is 7.00. The molecule has 1 aromatic carbocycles. The Morgan fingerprint density at radius 2 is 2.04 bits per heavy atom. The molecule has 0 spiro atoms. The van der Waals surface area contributed by atoms with E-state index in [-0.39, 0.29) is 0 Å². The van der Waals surface area contributed by atoms with Crippen molar-refractivity contribution >= 4 is 28.1 Å². The minimum atomic E-state index is -1.30. The van der Waals surface area contributed by atoms with Crippen LogP contribution in [0.2, 0.25) is 0 Å². The number of aliphatic hydroxyl groups is 1. The minimum Gasteiger partial charge on any atom is -0.382 e. The maximum Gasteiger partial charge on any atom is 0.174 e. The summed E-state index contributed by atoms with van der Waals surface area (Å²) in [6, 6.07) is 9.43. The first-order valence-electron chi connectivity index (χ1n) is 8.58. The van der Waals surface area contributed by atoms with Crippen molar-refractivity contribution in [3.63, 3.8) is 0 Å². The van der Waals surface area contributed by atoms with E-state index in [4.69, 9.17) is 5.73 Å². The Morgan fingerprint density at radius 3 is 2.82 bits per heavy atom. The van der Waals surface area contributed by atoms with Crippen molar-refractivity contribution < 1.29 is 5.11 Å². The van der Waals surface area contributed by atoms with Crippen LogP contribution in [0.5, 0.6) is 0 Å². The number of fused-ring (bicyclic) bond motifs is 1. The summed E-state index contributed by atoms with van der Waals surface area (Å²) >= 11 is 1.37. The highest BCUT2D eigenvalue weighted by atomic mass is 32.1. The van der Waals surface area contributed by atoms with E-state index in [1.807, 2.05) is 42.6 Å². The Morgan fingerprint density at radius 1 is 1.18 bits per heavy atom. The Hall–Kier alpha value is -3.34. The first-order valence-corrected chi connectivity index (χ1v) is 9.46.